The third-order valence-electron chi connectivity index (χ3n) is 3.26. The van der Waals surface area contributed by atoms with E-state index in [0.717, 1.165) is 12.8 Å². The molecule has 0 aromatic heterocycles. The van der Waals surface area contributed by atoms with Gasteiger partial charge >= 0.3 is 0 Å². The average molecular weight is 169 g/mol. The Morgan fingerprint density at radius 1 is 1.42 bits per heavy atom. The molecule has 2 nitrogen and oxygen atoms in total. The first kappa shape index (κ1) is 9.56. The summed E-state index contributed by atoms with van der Waals surface area (Å²) in [6.07, 6.45) is 1.94. The van der Waals surface area contributed by atoms with Gasteiger partial charge in [-0.3, -0.25) is 4.79 Å². The molecule has 12 heavy (non-hydrogen) atoms. The minimum atomic E-state index is -0.0475. The fourth-order valence-electron chi connectivity index (χ4n) is 2.30. The highest BCUT2D eigenvalue weighted by atomic mass is 16.2. The molecule has 1 N–H and O–H groups in total. The van der Waals surface area contributed by atoms with Crippen molar-refractivity contribution in [1.29, 1.82) is 0 Å². The third kappa shape index (κ3) is 1.05. The van der Waals surface area contributed by atoms with Crippen LogP contribution in [0.25, 0.3) is 0 Å². The van der Waals surface area contributed by atoms with Crippen LogP contribution in [0.1, 0.15) is 40.5 Å². The summed E-state index contributed by atoms with van der Waals surface area (Å²) in [5.41, 5.74) is -0.0475. The average Bonchev–Trinajstić information content (AvgIpc) is 2.02. The number of nitrogens with one attached hydrogen (secondary N) is 1. The van der Waals surface area contributed by atoms with Crippen molar-refractivity contribution in [2.24, 2.45) is 11.3 Å². The molecule has 1 atom stereocenters. The van der Waals surface area contributed by atoms with Crippen LogP contribution in [0.5, 0.6) is 0 Å². The van der Waals surface area contributed by atoms with Crippen molar-refractivity contribution in [3.63, 3.8) is 0 Å². The number of carbonyl (C=O) groups excluding carboxylic acids is 1. The maximum Gasteiger partial charge on any atom is 0.228 e. The lowest BCUT2D eigenvalue weighted by molar-refractivity contribution is -0.149. The van der Waals surface area contributed by atoms with E-state index in [2.05, 4.69) is 33.0 Å². The predicted molar refractivity (Wildman–Crippen MR) is 49.8 cm³/mol. The van der Waals surface area contributed by atoms with Gasteiger partial charge in [-0.05, 0) is 18.8 Å². The monoisotopic (exact) mass is 169 g/mol. The van der Waals surface area contributed by atoms with E-state index in [4.69, 9.17) is 0 Å². The molecule has 0 saturated carbocycles. The molecule has 0 bridgehead atoms. The molecule has 0 aromatic rings. The minimum Gasteiger partial charge on any atom is -0.351 e. The first-order chi connectivity index (χ1) is 5.58. The highest BCUT2D eigenvalue weighted by molar-refractivity contribution is 5.90. The maximum atomic E-state index is 11.4. The molecule has 1 fully saturated rings. The number of rotatable bonds is 3. The lowest BCUT2D eigenvalue weighted by atomic mass is 9.65. The molecule has 1 heterocycles. The summed E-state index contributed by atoms with van der Waals surface area (Å²) in [6, 6.07) is 0.403. The van der Waals surface area contributed by atoms with Crippen LogP contribution >= 0.6 is 0 Å². The van der Waals surface area contributed by atoms with E-state index in [9.17, 15) is 4.79 Å². The summed E-state index contributed by atoms with van der Waals surface area (Å²) in [5, 5.41) is 3.00. The largest absolute Gasteiger partial charge is 0.351 e. The number of hydrogen-bond donors (Lipinski definition) is 1. The minimum absolute atomic E-state index is 0.0475. The standard InChI is InChI=1S/C10H19NO/c1-5-10(6-2)8(7(3)4)11-9(10)12/h7-8H,5-6H2,1-4H3,(H,11,12). The van der Waals surface area contributed by atoms with Gasteiger partial charge in [0.2, 0.25) is 5.91 Å². The van der Waals surface area contributed by atoms with Crippen LogP contribution in [-0.4, -0.2) is 11.9 Å². The van der Waals surface area contributed by atoms with Gasteiger partial charge in [-0.2, -0.15) is 0 Å². The van der Waals surface area contributed by atoms with Gasteiger partial charge in [0.25, 0.3) is 0 Å². The first-order valence-electron chi connectivity index (χ1n) is 4.89. The van der Waals surface area contributed by atoms with Gasteiger partial charge in [-0.25, -0.2) is 0 Å². The highest BCUT2D eigenvalue weighted by Gasteiger charge is 2.52. The third-order valence-corrected chi connectivity index (χ3v) is 3.26. The molecule has 0 spiro atoms. The number of hydrogen-bond acceptors (Lipinski definition) is 1. The van der Waals surface area contributed by atoms with Crippen molar-refractivity contribution in [2.75, 3.05) is 0 Å². The molecule has 0 aliphatic carbocycles. The van der Waals surface area contributed by atoms with E-state index in [1.165, 1.54) is 0 Å². The Labute approximate surface area is 74.7 Å². The summed E-state index contributed by atoms with van der Waals surface area (Å²) in [5.74, 6) is 0.814. The Morgan fingerprint density at radius 3 is 2.08 bits per heavy atom. The van der Waals surface area contributed by atoms with Gasteiger partial charge in [-0.15, -0.1) is 0 Å². The van der Waals surface area contributed by atoms with Crippen LogP contribution in [0.2, 0.25) is 0 Å². The van der Waals surface area contributed by atoms with Crippen LogP contribution in [0, 0.1) is 11.3 Å². The quantitative estimate of drug-likeness (QED) is 0.643. The van der Waals surface area contributed by atoms with Crippen molar-refractivity contribution < 1.29 is 4.79 Å². The molecule has 0 radical (unpaired) electrons. The molecular weight excluding hydrogens is 150 g/mol. The fraction of sp³-hybridized carbons (Fsp3) is 0.900. The Morgan fingerprint density at radius 2 is 1.92 bits per heavy atom. The first-order valence-corrected chi connectivity index (χ1v) is 4.89. The lowest BCUT2D eigenvalue weighted by Crippen LogP contribution is -2.68. The van der Waals surface area contributed by atoms with Crippen molar-refractivity contribution in [3.05, 3.63) is 0 Å². The van der Waals surface area contributed by atoms with Crippen LogP contribution in [0.15, 0.2) is 0 Å². The SMILES string of the molecule is CCC1(CC)C(=O)NC1C(C)C. The smallest absolute Gasteiger partial charge is 0.228 e. The van der Waals surface area contributed by atoms with Gasteiger partial charge in [0.15, 0.2) is 0 Å². The van der Waals surface area contributed by atoms with E-state index < -0.39 is 0 Å². The molecule has 1 saturated heterocycles. The fourth-order valence-corrected chi connectivity index (χ4v) is 2.30. The molecule has 2 heteroatoms. The van der Waals surface area contributed by atoms with Crippen LogP contribution in [-0.2, 0) is 4.79 Å². The molecule has 1 aliphatic heterocycles. The van der Waals surface area contributed by atoms with E-state index >= 15 is 0 Å². The van der Waals surface area contributed by atoms with E-state index in [1.807, 2.05) is 0 Å². The summed E-state index contributed by atoms with van der Waals surface area (Å²) < 4.78 is 0. The molecule has 1 aliphatic rings. The predicted octanol–water partition coefficient (Wildman–Crippen LogP) is 1.95. The second kappa shape index (κ2) is 3.08. The Balaban J connectivity index is 2.76. The second-order valence-corrected chi connectivity index (χ2v) is 4.06. The van der Waals surface area contributed by atoms with Crippen LogP contribution in [0.4, 0.5) is 0 Å². The zero-order chi connectivity index (χ0) is 9.35. The van der Waals surface area contributed by atoms with Crippen molar-refractivity contribution in [1.82, 2.24) is 5.32 Å². The van der Waals surface area contributed by atoms with Gasteiger partial charge < -0.3 is 5.32 Å². The summed E-state index contributed by atoms with van der Waals surface area (Å²) in [4.78, 5) is 11.4. The van der Waals surface area contributed by atoms with Crippen molar-refractivity contribution in [3.8, 4) is 0 Å². The highest BCUT2D eigenvalue weighted by Crippen LogP contribution is 2.41. The summed E-state index contributed by atoms with van der Waals surface area (Å²) in [6.45, 7) is 8.56. The van der Waals surface area contributed by atoms with Gasteiger partial charge in [0.1, 0.15) is 0 Å². The van der Waals surface area contributed by atoms with Crippen LogP contribution < -0.4 is 5.32 Å². The molecule has 1 amide bonds. The summed E-state index contributed by atoms with van der Waals surface area (Å²) in [7, 11) is 0. The number of carbonyl (C=O) groups is 1. The zero-order valence-electron chi connectivity index (χ0n) is 8.48. The summed E-state index contributed by atoms with van der Waals surface area (Å²) >= 11 is 0. The second-order valence-electron chi connectivity index (χ2n) is 4.06. The topological polar surface area (TPSA) is 29.1 Å². The van der Waals surface area contributed by atoms with Crippen molar-refractivity contribution in [2.45, 2.75) is 46.6 Å². The Hall–Kier alpha value is -0.530. The molecule has 70 valence electrons. The number of β-lactam (4-membered cyclic amide) rings is 1. The molecular formula is C10H19NO. The van der Waals surface area contributed by atoms with Gasteiger partial charge in [0, 0.05) is 6.04 Å². The van der Waals surface area contributed by atoms with Gasteiger partial charge in [-0.1, -0.05) is 27.7 Å². The molecule has 1 unspecified atom stereocenters. The lowest BCUT2D eigenvalue weighted by Gasteiger charge is -2.50. The van der Waals surface area contributed by atoms with Crippen LogP contribution in [0.3, 0.4) is 0 Å². The van der Waals surface area contributed by atoms with Crippen molar-refractivity contribution >= 4 is 5.91 Å². The Kier molecular flexibility index (Phi) is 2.45. The number of amides is 1. The van der Waals surface area contributed by atoms with Gasteiger partial charge in [0.05, 0.1) is 5.41 Å². The zero-order valence-corrected chi connectivity index (χ0v) is 8.48. The van der Waals surface area contributed by atoms with E-state index in [1.54, 1.807) is 0 Å². The normalized spacial score (nSPS) is 26.8. The molecule has 0 aromatic carbocycles. The maximum absolute atomic E-state index is 11.4. The van der Waals surface area contributed by atoms with E-state index in [-0.39, 0.29) is 11.3 Å². The van der Waals surface area contributed by atoms with E-state index in [0.29, 0.717) is 12.0 Å². The molecule has 1 rings (SSSR count). The Bertz CT molecular complexity index is 182.